The summed E-state index contributed by atoms with van der Waals surface area (Å²) in [4.78, 5) is 15.0. The normalized spacial score (nSPS) is 17.0. The van der Waals surface area contributed by atoms with Crippen molar-refractivity contribution in [1.82, 2.24) is 9.29 Å². The van der Waals surface area contributed by atoms with Crippen LogP contribution in [0.2, 0.25) is 0 Å². The maximum Gasteiger partial charge on any atom is 0.278 e. The summed E-state index contributed by atoms with van der Waals surface area (Å²) in [5.74, 6) is 0. The first-order valence-electron chi connectivity index (χ1n) is 7.60. The highest BCUT2D eigenvalue weighted by molar-refractivity contribution is 7.88. The lowest BCUT2D eigenvalue weighted by molar-refractivity contribution is -0.383. The van der Waals surface area contributed by atoms with Crippen molar-refractivity contribution in [1.29, 1.82) is 0 Å². The number of nitro benzene ring substituents is 1. The molecule has 1 aromatic heterocycles. The lowest BCUT2D eigenvalue weighted by Gasteiger charge is -2.31. The number of fused-ring (bicyclic) bond motifs is 1. The van der Waals surface area contributed by atoms with Crippen LogP contribution in [0.5, 0.6) is 0 Å². The molecule has 1 N–H and O–H groups in total. The second-order valence-electron chi connectivity index (χ2n) is 5.87. The fourth-order valence-electron chi connectivity index (χ4n) is 2.98. The van der Waals surface area contributed by atoms with Gasteiger partial charge in [-0.1, -0.05) is 0 Å². The zero-order valence-electron chi connectivity index (χ0n) is 13.2. The van der Waals surface area contributed by atoms with Crippen LogP contribution in [0.3, 0.4) is 0 Å². The van der Waals surface area contributed by atoms with Crippen molar-refractivity contribution in [3.63, 3.8) is 0 Å². The summed E-state index contributed by atoms with van der Waals surface area (Å²) in [6.07, 6.45) is 4.18. The van der Waals surface area contributed by atoms with E-state index in [9.17, 15) is 18.5 Å². The number of rotatable bonds is 4. The Labute approximate surface area is 139 Å². The van der Waals surface area contributed by atoms with E-state index < -0.39 is 14.9 Å². The molecule has 0 aliphatic carbocycles. The summed E-state index contributed by atoms with van der Waals surface area (Å²) in [5, 5.41) is 15.0. The monoisotopic (exact) mass is 350 g/mol. The molecule has 3 rings (SSSR count). The van der Waals surface area contributed by atoms with Crippen LogP contribution < -0.4 is 5.32 Å². The molecular formula is C15H18N4O4S. The van der Waals surface area contributed by atoms with Gasteiger partial charge in [-0.2, -0.15) is 0 Å². The van der Waals surface area contributed by atoms with Crippen molar-refractivity contribution in [3.05, 3.63) is 40.6 Å². The molecule has 24 heavy (non-hydrogen) atoms. The van der Waals surface area contributed by atoms with Crippen molar-refractivity contribution in [2.24, 2.45) is 0 Å². The topological polar surface area (TPSA) is 105 Å². The number of pyridine rings is 1. The number of nitrogens with zero attached hydrogens (tertiary/aromatic N) is 3. The van der Waals surface area contributed by atoms with Crippen LogP contribution >= 0.6 is 0 Å². The van der Waals surface area contributed by atoms with Gasteiger partial charge < -0.3 is 5.32 Å². The molecule has 0 unspecified atom stereocenters. The molecule has 0 bridgehead atoms. The van der Waals surface area contributed by atoms with E-state index in [0.717, 1.165) is 5.69 Å². The van der Waals surface area contributed by atoms with E-state index in [1.54, 1.807) is 24.4 Å². The number of sulfonamides is 1. The van der Waals surface area contributed by atoms with Gasteiger partial charge in [-0.15, -0.1) is 0 Å². The molecule has 0 saturated carbocycles. The van der Waals surface area contributed by atoms with Crippen LogP contribution in [0, 0.1) is 10.1 Å². The number of hydrogen-bond acceptors (Lipinski definition) is 6. The molecule has 1 aromatic carbocycles. The van der Waals surface area contributed by atoms with Crippen molar-refractivity contribution in [3.8, 4) is 0 Å². The fourth-order valence-corrected chi connectivity index (χ4v) is 3.86. The number of hydrogen-bond donors (Lipinski definition) is 1. The number of piperidine rings is 1. The van der Waals surface area contributed by atoms with Gasteiger partial charge in [0.25, 0.3) is 5.69 Å². The van der Waals surface area contributed by atoms with Crippen molar-refractivity contribution < 1.29 is 13.3 Å². The second-order valence-corrected chi connectivity index (χ2v) is 7.85. The number of benzene rings is 1. The van der Waals surface area contributed by atoms with Crippen LogP contribution in [0.25, 0.3) is 10.9 Å². The molecule has 128 valence electrons. The number of nitrogens with one attached hydrogen (secondary N) is 1. The summed E-state index contributed by atoms with van der Waals surface area (Å²) in [6, 6.07) is 6.59. The molecule has 2 heterocycles. The van der Waals surface area contributed by atoms with Crippen LogP contribution in [0.15, 0.2) is 30.5 Å². The van der Waals surface area contributed by atoms with E-state index in [4.69, 9.17) is 0 Å². The van der Waals surface area contributed by atoms with Crippen LogP contribution in [0.4, 0.5) is 11.4 Å². The number of aromatic nitrogens is 1. The van der Waals surface area contributed by atoms with Crippen molar-refractivity contribution in [2.45, 2.75) is 18.9 Å². The molecule has 0 radical (unpaired) electrons. The summed E-state index contributed by atoms with van der Waals surface area (Å²) in [6.45, 7) is 0.934. The summed E-state index contributed by atoms with van der Waals surface area (Å²) in [5.41, 5.74) is 1.31. The van der Waals surface area contributed by atoms with E-state index in [1.165, 1.54) is 16.6 Å². The Morgan fingerprint density at radius 3 is 2.62 bits per heavy atom. The van der Waals surface area contributed by atoms with E-state index >= 15 is 0 Å². The lowest BCUT2D eigenvalue weighted by atomic mass is 10.1. The summed E-state index contributed by atoms with van der Waals surface area (Å²) < 4.78 is 24.6. The third-order valence-electron chi connectivity index (χ3n) is 4.23. The SMILES string of the molecule is CS(=O)(=O)N1CCC(Nc2ccc([N+](=O)[O-])c3cccnc23)CC1. The first kappa shape index (κ1) is 16.6. The summed E-state index contributed by atoms with van der Waals surface area (Å²) in [7, 11) is -3.15. The predicted molar refractivity (Wildman–Crippen MR) is 91.5 cm³/mol. The fraction of sp³-hybridized carbons (Fsp3) is 0.400. The molecule has 1 saturated heterocycles. The first-order valence-corrected chi connectivity index (χ1v) is 9.45. The Balaban J connectivity index is 1.82. The molecule has 1 aliphatic rings. The second kappa shape index (κ2) is 6.33. The Morgan fingerprint density at radius 2 is 2.00 bits per heavy atom. The maximum absolute atomic E-state index is 11.6. The third-order valence-corrected chi connectivity index (χ3v) is 5.53. The number of nitro groups is 1. The Morgan fingerprint density at radius 1 is 1.29 bits per heavy atom. The average Bonchev–Trinajstić information content (AvgIpc) is 2.54. The van der Waals surface area contributed by atoms with Gasteiger partial charge in [0.05, 0.1) is 22.3 Å². The van der Waals surface area contributed by atoms with Gasteiger partial charge in [0.2, 0.25) is 10.0 Å². The van der Waals surface area contributed by atoms with Gasteiger partial charge in [0.15, 0.2) is 0 Å². The van der Waals surface area contributed by atoms with Crippen molar-refractivity contribution in [2.75, 3.05) is 24.7 Å². The highest BCUT2D eigenvalue weighted by Crippen LogP contribution is 2.31. The minimum atomic E-state index is -3.15. The molecule has 0 amide bonds. The molecule has 0 atom stereocenters. The minimum Gasteiger partial charge on any atom is -0.380 e. The third kappa shape index (κ3) is 3.31. The molecule has 0 spiro atoms. The zero-order valence-corrected chi connectivity index (χ0v) is 14.0. The van der Waals surface area contributed by atoms with Gasteiger partial charge in [-0.25, -0.2) is 12.7 Å². The Bertz CT molecular complexity index is 876. The minimum absolute atomic E-state index is 0.0237. The van der Waals surface area contributed by atoms with Crippen LogP contribution in [0.1, 0.15) is 12.8 Å². The zero-order chi connectivity index (χ0) is 17.3. The first-order chi connectivity index (χ1) is 11.4. The smallest absolute Gasteiger partial charge is 0.278 e. The Kier molecular flexibility index (Phi) is 4.37. The summed E-state index contributed by atoms with van der Waals surface area (Å²) >= 11 is 0. The number of non-ortho nitro benzene ring substituents is 1. The standard InChI is InChI=1S/C15H18N4O4S/c1-24(22,23)18-9-6-11(7-10-18)17-13-4-5-14(19(20)21)12-3-2-8-16-15(12)13/h2-5,8,11,17H,6-7,9-10H2,1H3. The average molecular weight is 350 g/mol. The molecule has 8 nitrogen and oxygen atoms in total. The van der Waals surface area contributed by atoms with Gasteiger partial charge in [-0.3, -0.25) is 15.1 Å². The predicted octanol–water partition coefficient (Wildman–Crippen LogP) is 1.98. The van der Waals surface area contributed by atoms with E-state index in [1.807, 2.05) is 0 Å². The quantitative estimate of drug-likeness (QED) is 0.668. The van der Waals surface area contributed by atoms with E-state index in [2.05, 4.69) is 10.3 Å². The Hall–Kier alpha value is -2.26. The molecule has 2 aromatic rings. The van der Waals surface area contributed by atoms with Crippen molar-refractivity contribution >= 4 is 32.3 Å². The number of anilines is 1. The van der Waals surface area contributed by atoms with Gasteiger partial charge in [0, 0.05) is 31.4 Å². The highest BCUT2D eigenvalue weighted by atomic mass is 32.2. The maximum atomic E-state index is 11.6. The van der Waals surface area contributed by atoms with E-state index in [-0.39, 0.29) is 11.7 Å². The van der Waals surface area contributed by atoms with Gasteiger partial charge in [-0.05, 0) is 31.0 Å². The highest BCUT2D eigenvalue weighted by Gasteiger charge is 2.25. The molecule has 1 fully saturated rings. The van der Waals surface area contributed by atoms with E-state index in [0.29, 0.717) is 36.8 Å². The van der Waals surface area contributed by atoms with Crippen LogP contribution in [-0.2, 0) is 10.0 Å². The molecular weight excluding hydrogens is 332 g/mol. The van der Waals surface area contributed by atoms with Gasteiger partial charge >= 0.3 is 0 Å². The molecule has 1 aliphatic heterocycles. The molecule has 9 heteroatoms. The van der Waals surface area contributed by atoms with Gasteiger partial charge in [0.1, 0.15) is 5.52 Å². The lowest BCUT2D eigenvalue weighted by Crippen LogP contribution is -2.41. The largest absolute Gasteiger partial charge is 0.380 e. The van der Waals surface area contributed by atoms with Crippen LogP contribution in [-0.4, -0.2) is 48.0 Å².